The number of methoxy groups -OCH3 is 2. The Morgan fingerprint density at radius 2 is 1.79 bits per heavy atom. The number of Topliss-reactive ketones (excluding diaryl/α,β-unsaturated/α-hetero) is 1. The molecule has 0 aliphatic heterocycles. The van der Waals surface area contributed by atoms with E-state index in [1.54, 1.807) is 19.9 Å². The molecule has 1 aromatic rings. The average molecular weight is 266 g/mol. The minimum absolute atomic E-state index is 0.148. The molecule has 0 amide bonds. The fourth-order valence-electron chi connectivity index (χ4n) is 1.79. The molecule has 1 rings (SSSR count). The lowest BCUT2D eigenvalue weighted by Gasteiger charge is -2.16. The van der Waals surface area contributed by atoms with Crippen LogP contribution >= 0.6 is 0 Å². The molecule has 0 heterocycles. The monoisotopic (exact) mass is 266 g/mol. The molecule has 0 saturated carbocycles. The van der Waals surface area contributed by atoms with E-state index < -0.39 is 11.8 Å². The highest BCUT2D eigenvalue weighted by molar-refractivity contribution is 6.41. The number of carbonyl (C=O) groups excluding carboxylic acids is 2. The SMILES string of the molecule is CCOC(=O)C(=O)c1c(C)c(C)cc(OC)c1OC. The molecule has 0 aliphatic carbocycles. The molecule has 5 heteroatoms. The predicted octanol–water partition coefficient (Wildman–Crippen LogP) is 2.07. The second-order valence-electron chi connectivity index (χ2n) is 3.98. The fraction of sp³-hybridized carbons (Fsp3) is 0.429. The van der Waals surface area contributed by atoms with Crippen LogP contribution in [0.4, 0.5) is 0 Å². The van der Waals surface area contributed by atoms with Crippen LogP contribution in [0.25, 0.3) is 0 Å². The Morgan fingerprint density at radius 1 is 1.16 bits per heavy atom. The van der Waals surface area contributed by atoms with Crippen molar-refractivity contribution in [3.05, 3.63) is 22.8 Å². The van der Waals surface area contributed by atoms with E-state index in [-0.39, 0.29) is 17.9 Å². The van der Waals surface area contributed by atoms with Gasteiger partial charge in [-0.3, -0.25) is 4.79 Å². The normalized spacial score (nSPS) is 9.95. The number of ketones is 1. The summed E-state index contributed by atoms with van der Waals surface area (Å²) < 4.78 is 15.1. The van der Waals surface area contributed by atoms with E-state index in [4.69, 9.17) is 14.2 Å². The van der Waals surface area contributed by atoms with Gasteiger partial charge in [-0.05, 0) is 38.0 Å². The lowest BCUT2D eigenvalue weighted by atomic mass is 9.98. The number of ether oxygens (including phenoxy) is 3. The average Bonchev–Trinajstić information content (AvgIpc) is 2.40. The van der Waals surface area contributed by atoms with Crippen LogP contribution in [0.3, 0.4) is 0 Å². The molecule has 0 bridgehead atoms. The molecule has 0 N–H and O–H groups in total. The van der Waals surface area contributed by atoms with E-state index in [2.05, 4.69) is 0 Å². The van der Waals surface area contributed by atoms with Gasteiger partial charge >= 0.3 is 5.97 Å². The van der Waals surface area contributed by atoms with Crippen LogP contribution in [0.2, 0.25) is 0 Å². The highest BCUT2D eigenvalue weighted by atomic mass is 16.5. The standard InChI is InChI=1S/C14H18O5/c1-6-19-14(16)12(15)11-9(3)8(2)7-10(17-4)13(11)18-5/h7H,6H2,1-5H3. The van der Waals surface area contributed by atoms with Crippen molar-refractivity contribution in [1.82, 2.24) is 0 Å². The topological polar surface area (TPSA) is 61.8 Å². The van der Waals surface area contributed by atoms with Crippen molar-refractivity contribution < 1.29 is 23.8 Å². The second-order valence-corrected chi connectivity index (χ2v) is 3.98. The van der Waals surface area contributed by atoms with Crippen LogP contribution in [0, 0.1) is 13.8 Å². The van der Waals surface area contributed by atoms with Crippen molar-refractivity contribution >= 4 is 11.8 Å². The van der Waals surface area contributed by atoms with Gasteiger partial charge in [-0.15, -0.1) is 0 Å². The lowest BCUT2D eigenvalue weighted by Crippen LogP contribution is -2.20. The van der Waals surface area contributed by atoms with Gasteiger partial charge in [0.1, 0.15) is 0 Å². The second kappa shape index (κ2) is 6.22. The molecule has 5 nitrogen and oxygen atoms in total. The molecule has 0 aliphatic rings. The number of hydrogen-bond donors (Lipinski definition) is 0. The molecule has 0 unspecified atom stereocenters. The Kier molecular flexibility index (Phi) is 4.92. The molecule has 0 aromatic heterocycles. The number of aryl methyl sites for hydroxylation is 1. The van der Waals surface area contributed by atoms with Crippen molar-refractivity contribution in [2.75, 3.05) is 20.8 Å². The zero-order valence-electron chi connectivity index (χ0n) is 11.8. The Bertz CT molecular complexity index is 505. The Morgan fingerprint density at radius 3 is 2.26 bits per heavy atom. The molecular weight excluding hydrogens is 248 g/mol. The first-order valence-corrected chi connectivity index (χ1v) is 5.91. The van der Waals surface area contributed by atoms with Gasteiger partial charge in [-0.1, -0.05) is 0 Å². The summed E-state index contributed by atoms with van der Waals surface area (Å²) in [6.07, 6.45) is 0. The van der Waals surface area contributed by atoms with Gasteiger partial charge < -0.3 is 14.2 Å². The summed E-state index contributed by atoms with van der Waals surface area (Å²) in [6, 6.07) is 1.76. The largest absolute Gasteiger partial charge is 0.493 e. The van der Waals surface area contributed by atoms with Gasteiger partial charge in [0.05, 0.1) is 26.4 Å². The summed E-state index contributed by atoms with van der Waals surface area (Å²) in [5.74, 6) is -0.948. The summed E-state index contributed by atoms with van der Waals surface area (Å²) in [4.78, 5) is 23.8. The first-order chi connectivity index (χ1) is 8.97. The minimum Gasteiger partial charge on any atom is -0.493 e. The molecule has 19 heavy (non-hydrogen) atoms. The number of benzene rings is 1. The Balaban J connectivity index is 3.43. The van der Waals surface area contributed by atoms with Crippen molar-refractivity contribution in [1.29, 1.82) is 0 Å². The van der Waals surface area contributed by atoms with Crippen molar-refractivity contribution in [3.8, 4) is 11.5 Å². The van der Waals surface area contributed by atoms with Gasteiger partial charge in [0.25, 0.3) is 5.78 Å². The van der Waals surface area contributed by atoms with Crippen LogP contribution in [0.15, 0.2) is 6.07 Å². The van der Waals surface area contributed by atoms with Crippen LogP contribution in [0.1, 0.15) is 28.4 Å². The van der Waals surface area contributed by atoms with Crippen LogP contribution in [0.5, 0.6) is 11.5 Å². The summed E-state index contributed by atoms with van der Waals surface area (Å²) in [5.41, 5.74) is 1.71. The summed E-state index contributed by atoms with van der Waals surface area (Å²) in [6.45, 7) is 5.38. The van der Waals surface area contributed by atoms with E-state index in [0.29, 0.717) is 11.3 Å². The highest BCUT2D eigenvalue weighted by Gasteiger charge is 2.27. The Labute approximate surface area is 112 Å². The van der Waals surface area contributed by atoms with E-state index in [1.807, 2.05) is 6.92 Å². The quantitative estimate of drug-likeness (QED) is 0.464. The van der Waals surface area contributed by atoms with E-state index >= 15 is 0 Å². The minimum atomic E-state index is -0.892. The third kappa shape index (κ3) is 2.86. The van der Waals surface area contributed by atoms with Crippen LogP contribution in [-0.4, -0.2) is 32.6 Å². The number of carbonyl (C=O) groups is 2. The third-order valence-corrected chi connectivity index (χ3v) is 2.88. The first kappa shape index (κ1) is 15.0. The fourth-order valence-corrected chi connectivity index (χ4v) is 1.79. The summed E-state index contributed by atoms with van der Waals surface area (Å²) in [5, 5.41) is 0. The zero-order chi connectivity index (χ0) is 14.6. The molecule has 0 radical (unpaired) electrons. The van der Waals surface area contributed by atoms with Gasteiger partial charge in [-0.2, -0.15) is 0 Å². The maximum Gasteiger partial charge on any atom is 0.379 e. The summed E-state index contributed by atoms with van der Waals surface area (Å²) in [7, 11) is 2.90. The number of rotatable bonds is 5. The number of esters is 1. The maximum atomic E-state index is 12.1. The van der Waals surface area contributed by atoms with Crippen molar-refractivity contribution in [2.24, 2.45) is 0 Å². The Hall–Kier alpha value is -2.04. The molecule has 0 spiro atoms. The third-order valence-electron chi connectivity index (χ3n) is 2.88. The maximum absolute atomic E-state index is 12.1. The predicted molar refractivity (Wildman–Crippen MR) is 70.0 cm³/mol. The van der Waals surface area contributed by atoms with Gasteiger partial charge in [0.15, 0.2) is 11.5 Å². The summed E-state index contributed by atoms with van der Waals surface area (Å²) >= 11 is 0. The first-order valence-electron chi connectivity index (χ1n) is 5.91. The van der Waals surface area contributed by atoms with Crippen molar-refractivity contribution in [3.63, 3.8) is 0 Å². The lowest BCUT2D eigenvalue weighted by molar-refractivity contribution is -0.137. The van der Waals surface area contributed by atoms with Gasteiger partial charge in [0, 0.05) is 0 Å². The van der Waals surface area contributed by atoms with E-state index in [1.165, 1.54) is 14.2 Å². The van der Waals surface area contributed by atoms with Gasteiger partial charge in [0.2, 0.25) is 0 Å². The molecule has 104 valence electrons. The zero-order valence-corrected chi connectivity index (χ0v) is 11.8. The van der Waals surface area contributed by atoms with Gasteiger partial charge in [-0.25, -0.2) is 4.79 Å². The molecule has 0 fully saturated rings. The molecule has 0 saturated heterocycles. The van der Waals surface area contributed by atoms with Crippen LogP contribution in [-0.2, 0) is 9.53 Å². The smallest absolute Gasteiger partial charge is 0.379 e. The number of hydrogen-bond acceptors (Lipinski definition) is 5. The van der Waals surface area contributed by atoms with Crippen LogP contribution < -0.4 is 9.47 Å². The molecule has 1 aromatic carbocycles. The molecule has 0 atom stereocenters. The molecular formula is C14H18O5. The van der Waals surface area contributed by atoms with E-state index in [0.717, 1.165) is 5.56 Å². The van der Waals surface area contributed by atoms with E-state index in [9.17, 15) is 9.59 Å². The van der Waals surface area contributed by atoms with Crippen molar-refractivity contribution in [2.45, 2.75) is 20.8 Å². The highest BCUT2D eigenvalue weighted by Crippen LogP contribution is 2.35.